The van der Waals surface area contributed by atoms with Gasteiger partial charge in [0.2, 0.25) is 5.69 Å². The lowest BCUT2D eigenvalue weighted by molar-refractivity contribution is -0.385. The van der Waals surface area contributed by atoms with Crippen molar-refractivity contribution in [2.45, 2.75) is 19.9 Å². The molecule has 0 aliphatic rings. The van der Waals surface area contributed by atoms with Crippen LogP contribution in [0.5, 0.6) is 0 Å². The second-order valence-electron chi connectivity index (χ2n) is 6.04. The van der Waals surface area contributed by atoms with Crippen LogP contribution in [-0.4, -0.2) is 25.2 Å². The van der Waals surface area contributed by atoms with Crippen molar-refractivity contribution in [3.05, 3.63) is 75.9 Å². The first-order chi connectivity index (χ1) is 12.4. The summed E-state index contributed by atoms with van der Waals surface area (Å²) in [6.07, 6.45) is 3.90. The Morgan fingerprint density at radius 1 is 1.23 bits per heavy atom. The maximum absolute atomic E-state index is 12.6. The average Bonchev–Trinajstić information content (AvgIpc) is 3.22. The second-order valence-corrected chi connectivity index (χ2v) is 6.04. The van der Waals surface area contributed by atoms with Gasteiger partial charge in [0.25, 0.3) is 5.91 Å². The lowest BCUT2D eigenvalue weighted by Crippen LogP contribution is -2.29. The SMILES string of the molecule is Cc1nn(C)c(C(=O)NC(C)c2ccc(-n3cccc3)cc2)c1[N+](=O)[O-]. The van der Waals surface area contributed by atoms with Crippen LogP contribution in [-0.2, 0) is 7.05 Å². The molecule has 0 saturated heterocycles. The summed E-state index contributed by atoms with van der Waals surface area (Å²) >= 11 is 0. The summed E-state index contributed by atoms with van der Waals surface area (Å²) in [6.45, 7) is 3.34. The standard InChI is InChI=1S/C18H19N5O3/c1-12(14-6-8-15(9-7-14)22-10-4-5-11-22)19-18(24)17-16(23(25)26)13(2)20-21(17)3/h4-12H,1-3H3,(H,19,24). The van der Waals surface area contributed by atoms with Crippen molar-refractivity contribution in [2.24, 2.45) is 7.05 Å². The molecule has 0 aliphatic heterocycles. The molecule has 1 amide bonds. The molecule has 8 nitrogen and oxygen atoms in total. The molecule has 134 valence electrons. The van der Waals surface area contributed by atoms with Gasteiger partial charge < -0.3 is 9.88 Å². The van der Waals surface area contributed by atoms with Gasteiger partial charge in [-0.2, -0.15) is 5.10 Å². The van der Waals surface area contributed by atoms with E-state index in [0.717, 1.165) is 11.3 Å². The smallest absolute Gasteiger partial charge is 0.322 e. The van der Waals surface area contributed by atoms with Crippen molar-refractivity contribution in [3.8, 4) is 5.69 Å². The molecular weight excluding hydrogens is 334 g/mol. The molecule has 2 aromatic heterocycles. The highest BCUT2D eigenvalue weighted by molar-refractivity contribution is 5.97. The van der Waals surface area contributed by atoms with Gasteiger partial charge in [-0.05, 0) is 43.7 Å². The minimum atomic E-state index is -0.576. The van der Waals surface area contributed by atoms with Crippen molar-refractivity contribution in [1.29, 1.82) is 0 Å². The summed E-state index contributed by atoms with van der Waals surface area (Å²) < 4.78 is 3.22. The Hall–Kier alpha value is -3.42. The Bertz CT molecular complexity index is 942. The summed E-state index contributed by atoms with van der Waals surface area (Å²) in [5, 5.41) is 18.0. The first-order valence-electron chi connectivity index (χ1n) is 8.10. The lowest BCUT2D eigenvalue weighted by Gasteiger charge is -2.15. The van der Waals surface area contributed by atoms with E-state index in [1.807, 2.05) is 60.3 Å². The first-order valence-corrected chi connectivity index (χ1v) is 8.10. The molecule has 1 aromatic carbocycles. The highest BCUT2D eigenvalue weighted by Crippen LogP contribution is 2.23. The van der Waals surface area contributed by atoms with Gasteiger partial charge in [0, 0.05) is 25.1 Å². The van der Waals surface area contributed by atoms with E-state index in [1.54, 1.807) is 0 Å². The molecule has 8 heteroatoms. The highest BCUT2D eigenvalue weighted by atomic mass is 16.6. The number of nitrogens with zero attached hydrogens (tertiary/aromatic N) is 4. The summed E-state index contributed by atoms with van der Waals surface area (Å²) in [4.78, 5) is 23.2. The van der Waals surface area contributed by atoms with E-state index in [4.69, 9.17) is 0 Å². The van der Waals surface area contributed by atoms with Gasteiger partial charge in [-0.15, -0.1) is 0 Å². The topological polar surface area (TPSA) is 95.0 Å². The fourth-order valence-corrected chi connectivity index (χ4v) is 2.91. The number of nitro groups is 1. The van der Waals surface area contributed by atoms with Crippen molar-refractivity contribution < 1.29 is 9.72 Å². The van der Waals surface area contributed by atoms with Crippen molar-refractivity contribution in [2.75, 3.05) is 0 Å². The fourth-order valence-electron chi connectivity index (χ4n) is 2.91. The quantitative estimate of drug-likeness (QED) is 0.563. The molecule has 1 atom stereocenters. The van der Waals surface area contributed by atoms with Crippen molar-refractivity contribution >= 4 is 11.6 Å². The molecule has 0 radical (unpaired) electrons. The van der Waals surface area contributed by atoms with E-state index in [9.17, 15) is 14.9 Å². The summed E-state index contributed by atoms with van der Waals surface area (Å²) in [5.41, 5.74) is 1.81. The second kappa shape index (κ2) is 6.83. The Morgan fingerprint density at radius 2 is 1.85 bits per heavy atom. The van der Waals surface area contributed by atoms with Crippen LogP contribution in [0.15, 0.2) is 48.8 Å². The maximum Gasteiger partial charge on any atom is 0.322 e. The third-order valence-electron chi connectivity index (χ3n) is 4.23. The van der Waals surface area contributed by atoms with Gasteiger partial charge >= 0.3 is 5.69 Å². The average molecular weight is 353 g/mol. The van der Waals surface area contributed by atoms with Crippen LogP contribution < -0.4 is 5.32 Å². The number of amides is 1. The molecule has 0 bridgehead atoms. The Kier molecular flexibility index (Phi) is 4.57. The molecule has 3 rings (SSSR count). The summed E-state index contributed by atoms with van der Waals surface area (Å²) in [7, 11) is 1.52. The minimum absolute atomic E-state index is 0.0525. The van der Waals surface area contributed by atoms with Crippen LogP contribution in [0.1, 0.15) is 34.7 Å². The largest absolute Gasteiger partial charge is 0.344 e. The number of aromatic nitrogens is 3. The zero-order valence-corrected chi connectivity index (χ0v) is 14.7. The maximum atomic E-state index is 12.6. The van der Waals surface area contributed by atoms with Gasteiger partial charge in [0.1, 0.15) is 5.69 Å². The molecule has 0 saturated carbocycles. The third-order valence-corrected chi connectivity index (χ3v) is 4.23. The zero-order valence-electron chi connectivity index (χ0n) is 14.7. The van der Waals surface area contributed by atoms with E-state index >= 15 is 0 Å². The van der Waals surface area contributed by atoms with Gasteiger partial charge in [0.05, 0.1) is 11.0 Å². The van der Waals surface area contributed by atoms with Crippen LogP contribution in [0.3, 0.4) is 0 Å². The Balaban J connectivity index is 1.79. The first kappa shape index (κ1) is 17.4. The number of aryl methyl sites for hydroxylation is 2. The van der Waals surface area contributed by atoms with Crippen molar-refractivity contribution in [1.82, 2.24) is 19.7 Å². The number of rotatable bonds is 5. The molecular formula is C18H19N5O3. The Labute approximate surface area is 150 Å². The van der Waals surface area contributed by atoms with Crippen LogP contribution >= 0.6 is 0 Å². The van der Waals surface area contributed by atoms with Gasteiger partial charge in [-0.25, -0.2) is 0 Å². The van der Waals surface area contributed by atoms with Crippen LogP contribution in [0.25, 0.3) is 5.69 Å². The molecule has 0 aliphatic carbocycles. The number of hydrogen-bond acceptors (Lipinski definition) is 4. The molecule has 2 heterocycles. The predicted octanol–water partition coefficient (Wildman–Crippen LogP) is 2.92. The zero-order chi connectivity index (χ0) is 18.8. The van der Waals surface area contributed by atoms with E-state index in [2.05, 4.69) is 10.4 Å². The van der Waals surface area contributed by atoms with Gasteiger partial charge in [-0.1, -0.05) is 12.1 Å². The van der Waals surface area contributed by atoms with E-state index in [-0.39, 0.29) is 23.1 Å². The van der Waals surface area contributed by atoms with E-state index < -0.39 is 10.8 Å². The highest BCUT2D eigenvalue weighted by Gasteiger charge is 2.29. The van der Waals surface area contributed by atoms with E-state index in [0.29, 0.717) is 0 Å². The molecule has 26 heavy (non-hydrogen) atoms. The van der Waals surface area contributed by atoms with Gasteiger partial charge in [-0.3, -0.25) is 19.6 Å². The molecule has 0 spiro atoms. The molecule has 3 aromatic rings. The van der Waals surface area contributed by atoms with Crippen LogP contribution in [0.4, 0.5) is 5.69 Å². The monoisotopic (exact) mass is 353 g/mol. The van der Waals surface area contributed by atoms with E-state index in [1.165, 1.54) is 18.7 Å². The normalized spacial score (nSPS) is 12.0. The fraction of sp³-hybridized carbons (Fsp3) is 0.222. The lowest BCUT2D eigenvalue weighted by atomic mass is 10.1. The van der Waals surface area contributed by atoms with Crippen molar-refractivity contribution in [3.63, 3.8) is 0 Å². The molecule has 1 N–H and O–H groups in total. The summed E-state index contributed by atoms with van der Waals surface area (Å²) in [6, 6.07) is 11.3. The summed E-state index contributed by atoms with van der Waals surface area (Å²) in [5.74, 6) is -0.526. The van der Waals surface area contributed by atoms with Crippen LogP contribution in [0.2, 0.25) is 0 Å². The number of nitrogens with one attached hydrogen (secondary N) is 1. The third kappa shape index (κ3) is 3.21. The molecule has 1 unspecified atom stereocenters. The number of carbonyl (C=O) groups is 1. The minimum Gasteiger partial charge on any atom is -0.344 e. The Morgan fingerprint density at radius 3 is 2.42 bits per heavy atom. The van der Waals surface area contributed by atoms with Gasteiger partial charge in [0.15, 0.2) is 0 Å². The van der Waals surface area contributed by atoms with Crippen LogP contribution in [0, 0.1) is 17.0 Å². The number of hydrogen-bond donors (Lipinski definition) is 1. The number of benzene rings is 1. The number of carbonyl (C=O) groups excluding carboxylic acids is 1. The molecule has 0 fully saturated rings. The predicted molar refractivity (Wildman–Crippen MR) is 96.2 cm³/mol.